The maximum absolute atomic E-state index is 10.4. The SMILES string of the molecule is COc1cccc(N2CCN(CC(O)COC(C(C)C)C(C)C)CC2)c1. The molecule has 0 aliphatic carbocycles. The fraction of sp³-hybridized carbons (Fsp3) is 0.714. The maximum Gasteiger partial charge on any atom is 0.120 e. The number of β-amino-alcohol motifs (C(OH)–C–C–N with tert-alkyl or cyclic N) is 1. The van der Waals surface area contributed by atoms with Crippen molar-refractivity contribution in [2.75, 3.05) is 51.3 Å². The number of anilines is 1. The van der Waals surface area contributed by atoms with Crippen molar-refractivity contribution in [3.8, 4) is 5.75 Å². The molecule has 1 aromatic carbocycles. The Kier molecular flexibility index (Phi) is 8.19. The van der Waals surface area contributed by atoms with E-state index in [9.17, 15) is 5.11 Å². The van der Waals surface area contributed by atoms with Crippen molar-refractivity contribution in [3.05, 3.63) is 24.3 Å². The molecule has 148 valence electrons. The van der Waals surface area contributed by atoms with Crippen molar-refractivity contribution in [3.63, 3.8) is 0 Å². The van der Waals surface area contributed by atoms with Crippen LogP contribution in [0.25, 0.3) is 0 Å². The summed E-state index contributed by atoms with van der Waals surface area (Å²) in [6, 6.07) is 8.20. The molecule has 0 saturated carbocycles. The summed E-state index contributed by atoms with van der Waals surface area (Å²) >= 11 is 0. The summed E-state index contributed by atoms with van der Waals surface area (Å²) in [4.78, 5) is 4.69. The lowest BCUT2D eigenvalue weighted by molar-refractivity contribution is -0.0561. The summed E-state index contributed by atoms with van der Waals surface area (Å²) in [6.07, 6.45) is -0.229. The lowest BCUT2D eigenvalue weighted by Gasteiger charge is -2.37. The van der Waals surface area contributed by atoms with Crippen molar-refractivity contribution in [2.45, 2.75) is 39.9 Å². The Morgan fingerprint density at radius 3 is 2.27 bits per heavy atom. The third kappa shape index (κ3) is 6.15. The second kappa shape index (κ2) is 10.1. The number of aliphatic hydroxyl groups is 1. The van der Waals surface area contributed by atoms with Gasteiger partial charge in [0.25, 0.3) is 0 Å². The Hall–Kier alpha value is -1.30. The van der Waals surface area contributed by atoms with E-state index in [1.54, 1.807) is 7.11 Å². The Morgan fingerprint density at radius 1 is 1.04 bits per heavy atom. The third-order valence-corrected chi connectivity index (χ3v) is 5.05. The number of hydrogen-bond acceptors (Lipinski definition) is 5. The first kappa shape index (κ1) is 21.0. The van der Waals surface area contributed by atoms with E-state index in [1.807, 2.05) is 12.1 Å². The van der Waals surface area contributed by atoms with Crippen LogP contribution in [0.4, 0.5) is 5.69 Å². The Bertz CT molecular complexity index is 520. The minimum absolute atomic E-state index is 0.203. The predicted octanol–water partition coefficient (Wildman–Crippen LogP) is 2.88. The van der Waals surface area contributed by atoms with E-state index in [0.29, 0.717) is 25.0 Å². The first-order valence-corrected chi connectivity index (χ1v) is 9.81. The quantitative estimate of drug-likeness (QED) is 0.730. The van der Waals surface area contributed by atoms with Gasteiger partial charge in [-0.25, -0.2) is 0 Å². The van der Waals surface area contributed by atoms with E-state index in [4.69, 9.17) is 9.47 Å². The molecule has 0 bridgehead atoms. The first-order chi connectivity index (χ1) is 12.4. The van der Waals surface area contributed by atoms with Gasteiger partial charge in [0.15, 0.2) is 0 Å². The highest BCUT2D eigenvalue weighted by atomic mass is 16.5. The number of nitrogens with zero attached hydrogens (tertiary/aromatic N) is 2. The predicted molar refractivity (Wildman–Crippen MR) is 107 cm³/mol. The highest BCUT2D eigenvalue weighted by Crippen LogP contribution is 2.22. The Morgan fingerprint density at radius 2 is 1.69 bits per heavy atom. The van der Waals surface area contributed by atoms with Crippen LogP contribution < -0.4 is 9.64 Å². The highest BCUT2D eigenvalue weighted by Gasteiger charge is 2.22. The Labute approximate surface area is 158 Å². The summed E-state index contributed by atoms with van der Waals surface area (Å²) in [5, 5.41) is 10.4. The van der Waals surface area contributed by atoms with E-state index in [-0.39, 0.29) is 6.10 Å². The molecule has 5 heteroatoms. The van der Waals surface area contributed by atoms with Crippen LogP contribution in [-0.2, 0) is 4.74 Å². The van der Waals surface area contributed by atoms with E-state index < -0.39 is 6.10 Å². The van der Waals surface area contributed by atoms with E-state index in [2.05, 4.69) is 49.6 Å². The van der Waals surface area contributed by atoms with Crippen LogP contribution in [0.15, 0.2) is 24.3 Å². The van der Waals surface area contributed by atoms with Crippen LogP contribution in [0, 0.1) is 11.8 Å². The Balaban J connectivity index is 1.75. The van der Waals surface area contributed by atoms with Gasteiger partial charge in [-0.1, -0.05) is 33.8 Å². The third-order valence-electron chi connectivity index (χ3n) is 5.05. The minimum atomic E-state index is -0.432. The molecule has 0 amide bonds. The smallest absolute Gasteiger partial charge is 0.120 e. The number of ether oxygens (including phenoxy) is 2. The molecule has 2 rings (SSSR count). The highest BCUT2D eigenvalue weighted by molar-refractivity contribution is 5.51. The number of hydrogen-bond donors (Lipinski definition) is 1. The van der Waals surface area contributed by atoms with Crippen LogP contribution in [0.1, 0.15) is 27.7 Å². The van der Waals surface area contributed by atoms with Crippen molar-refractivity contribution < 1.29 is 14.6 Å². The zero-order valence-corrected chi connectivity index (χ0v) is 17.0. The summed E-state index contributed by atoms with van der Waals surface area (Å²) < 4.78 is 11.3. The van der Waals surface area contributed by atoms with Gasteiger partial charge < -0.3 is 19.5 Å². The molecule has 26 heavy (non-hydrogen) atoms. The molecule has 1 fully saturated rings. The molecule has 1 N–H and O–H groups in total. The molecule has 1 aliphatic heterocycles. The largest absolute Gasteiger partial charge is 0.497 e. The standard InChI is InChI=1S/C21H36N2O3/c1-16(2)21(17(3)4)26-15-19(24)14-22-9-11-23(12-10-22)18-7-6-8-20(13-18)25-5/h6-8,13,16-17,19,21,24H,9-12,14-15H2,1-5H3. The number of methoxy groups -OCH3 is 1. The fourth-order valence-corrected chi connectivity index (χ4v) is 3.72. The van der Waals surface area contributed by atoms with Crippen molar-refractivity contribution in [1.29, 1.82) is 0 Å². The summed E-state index contributed by atoms with van der Waals surface area (Å²) in [7, 11) is 1.70. The summed E-state index contributed by atoms with van der Waals surface area (Å²) in [5.41, 5.74) is 1.20. The van der Waals surface area contributed by atoms with Crippen molar-refractivity contribution >= 4 is 5.69 Å². The topological polar surface area (TPSA) is 45.2 Å². The molecular formula is C21H36N2O3. The van der Waals surface area contributed by atoms with Crippen molar-refractivity contribution in [2.24, 2.45) is 11.8 Å². The molecule has 1 aliphatic rings. The van der Waals surface area contributed by atoms with Gasteiger partial charge in [-0.3, -0.25) is 4.90 Å². The van der Waals surface area contributed by atoms with Gasteiger partial charge in [0.1, 0.15) is 5.75 Å². The molecule has 0 spiro atoms. The molecular weight excluding hydrogens is 328 g/mol. The van der Waals surface area contributed by atoms with Gasteiger partial charge in [-0.05, 0) is 24.0 Å². The van der Waals surface area contributed by atoms with Gasteiger partial charge in [-0.15, -0.1) is 0 Å². The van der Waals surface area contributed by atoms with E-state index >= 15 is 0 Å². The average molecular weight is 365 g/mol. The minimum Gasteiger partial charge on any atom is -0.497 e. The van der Waals surface area contributed by atoms with Gasteiger partial charge in [0.2, 0.25) is 0 Å². The van der Waals surface area contributed by atoms with Gasteiger partial charge in [0.05, 0.1) is 25.9 Å². The summed E-state index contributed by atoms with van der Waals surface area (Å²) in [5.74, 6) is 1.82. The van der Waals surface area contributed by atoms with E-state index in [0.717, 1.165) is 31.9 Å². The fourth-order valence-electron chi connectivity index (χ4n) is 3.72. The zero-order valence-electron chi connectivity index (χ0n) is 17.0. The molecule has 1 atom stereocenters. The molecule has 5 nitrogen and oxygen atoms in total. The molecule has 0 radical (unpaired) electrons. The number of aliphatic hydroxyl groups excluding tert-OH is 1. The van der Waals surface area contributed by atoms with Crippen LogP contribution in [0.2, 0.25) is 0 Å². The van der Waals surface area contributed by atoms with Gasteiger partial charge in [0, 0.05) is 44.5 Å². The number of piperazine rings is 1. The average Bonchev–Trinajstić information content (AvgIpc) is 2.62. The number of benzene rings is 1. The zero-order chi connectivity index (χ0) is 19.1. The number of rotatable bonds is 9. The van der Waals surface area contributed by atoms with Gasteiger partial charge >= 0.3 is 0 Å². The molecule has 1 unspecified atom stereocenters. The van der Waals surface area contributed by atoms with Crippen LogP contribution >= 0.6 is 0 Å². The molecule has 0 aromatic heterocycles. The molecule has 1 saturated heterocycles. The molecule has 1 heterocycles. The second-order valence-electron chi connectivity index (χ2n) is 7.93. The normalized spacial score (nSPS) is 17.3. The van der Waals surface area contributed by atoms with Crippen LogP contribution in [0.5, 0.6) is 5.75 Å². The molecule has 1 aromatic rings. The van der Waals surface area contributed by atoms with E-state index in [1.165, 1.54) is 5.69 Å². The van der Waals surface area contributed by atoms with Crippen LogP contribution in [0.3, 0.4) is 0 Å². The lowest BCUT2D eigenvalue weighted by atomic mass is 9.96. The first-order valence-electron chi connectivity index (χ1n) is 9.81. The maximum atomic E-state index is 10.4. The monoisotopic (exact) mass is 364 g/mol. The lowest BCUT2D eigenvalue weighted by Crippen LogP contribution is -2.49. The van der Waals surface area contributed by atoms with Gasteiger partial charge in [-0.2, -0.15) is 0 Å². The van der Waals surface area contributed by atoms with Crippen LogP contribution in [-0.4, -0.2) is 68.7 Å². The second-order valence-corrected chi connectivity index (χ2v) is 7.93. The van der Waals surface area contributed by atoms with Crippen molar-refractivity contribution in [1.82, 2.24) is 4.90 Å². The summed E-state index contributed by atoms with van der Waals surface area (Å²) in [6.45, 7) is 13.6.